The molecule has 0 radical (unpaired) electrons. The van der Waals surface area contributed by atoms with Crippen LogP contribution in [0.15, 0.2) is 53.4 Å². The predicted molar refractivity (Wildman–Crippen MR) is 88.4 cm³/mol. The van der Waals surface area contributed by atoms with Gasteiger partial charge < -0.3 is 10.1 Å². The summed E-state index contributed by atoms with van der Waals surface area (Å²) in [4.78, 5) is 12.5. The molecule has 6 heteroatoms. The van der Waals surface area contributed by atoms with E-state index in [9.17, 15) is 13.2 Å². The minimum Gasteiger partial charge on any atom is -0.496 e. The Morgan fingerprint density at radius 2 is 1.70 bits per heavy atom. The predicted octanol–water partition coefficient (Wildman–Crippen LogP) is 2.59. The fourth-order valence-corrected chi connectivity index (χ4v) is 3.24. The van der Waals surface area contributed by atoms with Crippen LogP contribution >= 0.6 is 0 Å². The Hall–Kier alpha value is -2.34. The van der Waals surface area contributed by atoms with Crippen molar-refractivity contribution in [2.75, 3.05) is 13.4 Å². The molecular formula is C17H19NO4S. The number of carbonyl (C=O) groups excluding carboxylic acids is 1. The molecule has 2 rings (SSSR count). The van der Waals surface area contributed by atoms with Crippen LogP contribution in [0.3, 0.4) is 0 Å². The molecule has 23 heavy (non-hydrogen) atoms. The van der Waals surface area contributed by atoms with Crippen LogP contribution in [0.25, 0.3) is 0 Å². The first-order valence-corrected chi connectivity index (χ1v) is 8.96. The van der Waals surface area contributed by atoms with E-state index >= 15 is 0 Å². The second-order valence-electron chi connectivity index (χ2n) is 5.21. The average molecular weight is 333 g/mol. The van der Waals surface area contributed by atoms with E-state index in [1.165, 1.54) is 12.1 Å². The molecular weight excluding hydrogens is 314 g/mol. The van der Waals surface area contributed by atoms with Crippen LogP contribution in [0.1, 0.15) is 28.9 Å². The van der Waals surface area contributed by atoms with Gasteiger partial charge in [-0.3, -0.25) is 4.79 Å². The topological polar surface area (TPSA) is 72.5 Å². The van der Waals surface area contributed by atoms with Gasteiger partial charge in [-0.15, -0.1) is 0 Å². The summed E-state index contributed by atoms with van der Waals surface area (Å²) in [5.41, 5.74) is 0.955. The van der Waals surface area contributed by atoms with Crippen LogP contribution in [0.4, 0.5) is 0 Å². The molecule has 122 valence electrons. The number of para-hydroxylation sites is 1. The minimum atomic E-state index is -3.48. The van der Waals surface area contributed by atoms with Gasteiger partial charge in [0, 0.05) is 11.8 Å². The molecule has 1 N–H and O–H groups in total. The highest BCUT2D eigenvalue weighted by Gasteiger charge is 2.20. The number of sulfone groups is 1. The molecule has 0 unspecified atom stereocenters. The zero-order valence-electron chi connectivity index (χ0n) is 13.2. The first-order chi connectivity index (χ1) is 10.8. The maximum absolute atomic E-state index is 12.5. The highest BCUT2D eigenvalue weighted by Crippen LogP contribution is 2.25. The van der Waals surface area contributed by atoms with Crippen molar-refractivity contribution in [2.24, 2.45) is 0 Å². The molecule has 0 aliphatic rings. The summed E-state index contributed by atoms with van der Waals surface area (Å²) in [7, 11) is -1.92. The average Bonchev–Trinajstić information content (AvgIpc) is 2.53. The van der Waals surface area contributed by atoms with Crippen LogP contribution in [-0.4, -0.2) is 27.7 Å². The second-order valence-corrected chi connectivity index (χ2v) is 7.19. The van der Waals surface area contributed by atoms with Crippen molar-refractivity contribution in [3.8, 4) is 5.75 Å². The fourth-order valence-electron chi connectivity index (χ4n) is 2.35. The summed E-state index contributed by atoms with van der Waals surface area (Å²) >= 11 is 0. The second kappa shape index (κ2) is 6.83. The number of carbonyl (C=O) groups is 1. The third-order valence-electron chi connectivity index (χ3n) is 3.48. The van der Waals surface area contributed by atoms with Crippen LogP contribution < -0.4 is 10.1 Å². The van der Waals surface area contributed by atoms with E-state index in [4.69, 9.17) is 4.74 Å². The Morgan fingerprint density at radius 3 is 2.35 bits per heavy atom. The van der Waals surface area contributed by atoms with Crippen molar-refractivity contribution in [3.05, 3.63) is 59.7 Å². The van der Waals surface area contributed by atoms with E-state index in [-0.39, 0.29) is 16.5 Å². The van der Waals surface area contributed by atoms with E-state index in [1.807, 2.05) is 31.2 Å². The molecule has 0 fully saturated rings. The Bertz CT molecular complexity index is 815. The Kier molecular flexibility index (Phi) is 5.05. The maximum atomic E-state index is 12.5. The number of nitrogens with one attached hydrogen (secondary N) is 1. The molecule has 1 atom stereocenters. The molecule has 2 aromatic carbocycles. The van der Waals surface area contributed by atoms with Crippen molar-refractivity contribution in [1.29, 1.82) is 0 Å². The molecule has 2 aromatic rings. The summed E-state index contributed by atoms with van der Waals surface area (Å²) in [5, 5.41) is 2.82. The third kappa shape index (κ3) is 3.90. The number of hydrogen-bond donors (Lipinski definition) is 1. The van der Waals surface area contributed by atoms with Crippen molar-refractivity contribution in [2.45, 2.75) is 17.9 Å². The van der Waals surface area contributed by atoms with Gasteiger partial charge in [-0.25, -0.2) is 8.42 Å². The van der Waals surface area contributed by atoms with E-state index in [0.717, 1.165) is 11.8 Å². The number of amides is 1. The summed E-state index contributed by atoms with van der Waals surface area (Å²) in [5.74, 6) is 0.223. The summed E-state index contributed by atoms with van der Waals surface area (Å²) in [6.45, 7) is 1.82. The third-order valence-corrected chi connectivity index (χ3v) is 4.64. The zero-order valence-corrected chi connectivity index (χ0v) is 14.1. The van der Waals surface area contributed by atoms with Gasteiger partial charge in [0.05, 0.1) is 23.6 Å². The molecule has 0 saturated heterocycles. The van der Waals surface area contributed by atoms with Gasteiger partial charge in [-0.2, -0.15) is 0 Å². The molecule has 5 nitrogen and oxygen atoms in total. The standard InChI is InChI=1S/C17H19NO4S/c1-12(13-8-4-6-10-15(13)22-2)18-17(19)14-9-5-7-11-16(14)23(3,20)21/h4-12H,1-3H3,(H,18,19)/t12-/m0/s1. The monoisotopic (exact) mass is 333 g/mol. The van der Waals surface area contributed by atoms with Gasteiger partial charge in [0.2, 0.25) is 0 Å². The highest BCUT2D eigenvalue weighted by molar-refractivity contribution is 7.90. The normalized spacial score (nSPS) is 12.5. The number of hydrogen-bond acceptors (Lipinski definition) is 4. The number of rotatable bonds is 5. The SMILES string of the molecule is COc1ccccc1[C@H](C)NC(=O)c1ccccc1S(C)(=O)=O. The summed E-state index contributed by atoms with van der Waals surface area (Å²) in [6, 6.07) is 13.2. The largest absolute Gasteiger partial charge is 0.496 e. The molecule has 0 spiro atoms. The lowest BCUT2D eigenvalue weighted by Gasteiger charge is -2.18. The summed E-state index contributed by atoms with van der Waals surface area (Å²) in [6.07, 6.45) is 1.09. The van der Waals surface area contributed by atoms with E-state index in [0.29, 0.717) is 5.75 Å². The van der Waals surface area contributed by atoms with Gasteiger partial charge in [-0.1, -0.05) is 30.3 Å². The number of ether oxygens (including phenoxy) is 1. The quantitative estimate of drug-likeness (QED) is 0.913. The number of methoxy groups -OCH3 is 1. The summed E-state index contributed by atoms with van der Waals surface area (Å²) < 4.78 is 28.9. The Morgan fingerprint density at radius 1 is 1.09 bits per heavy atom. The van der Waals surface area contributed by atoms with Crippen molar-refractivity contribution >= 4 is 15.7 Å². The van der Waals surface area contributed by atoms with Gasteiger partial charge in [0.15, 0.2) is 9.84 Å². The zero-order chi connectivity index (χ0) is 17.0. The van der Waals surface area contributed by atoms with E-state index in [1.54, 1.807) is 19.2 Å². The molecule has 0 saturated carbocycles. The molecule has 0 aliphatic carbocycles. The van der Waals surface area contributed by atoms with Crippen LogP contribution in [0.2, 0.25) is 0 Å². The van der Waals surface area contributed by atoms with Crippen molar-refractivity contribution < 1.29 is 17.9 Å². The van der Waals surface area contributed by atoms with E-state index in [2.05, 4.69) is 5.32 Å². The van der Waals surface area contributed by atoms with Gasteiger partial charge >= 0.3 is 0 Å². The van der Waals surface area contributed by atoms with Crippen molar-refractivity contribution in [3.63, 3.8) is 0 Å². The maximum Gasteiger partial charge on any atom is 0.253 e. The first kappa shape index (κ1) is 17.0. The lowest BCUT2D eigenvalue weighted by Crippen LogP contribution is -2.28. The lowest BCUT2D eigenvalue weighted by atomic mass is 10.1. The fraction of sp³-hybridized carbons (Fsp3) is 0.235. The van der Waals surface area contributed by atoms with Crippen LogP contribution in [-0.2, 0) is 9.84 Å². The number of benzene rings is 2. The lowest BCUT2D eigenvalue weighted by molar-refractivity contribution is 0.0936. The Labute approximate surface area is 136 Å². The smallest absolute Gasteiger partial charge is 0.253 e. The minimum absolute atomic E-state index is 0.0183. The first-order valence-electron chi connectivity index (χ1n) is 7.07. The van der Waals surface area contributed by atoms with Gasteiger partial charge in [-0.05, 0) is 25.1 Å². The van der Waals surface area contributed by atoms with Crippen molar-refractivity contribution in [1.82, 2.24) is 5.32 Å². The highest BCUT2D eigenvalue weighted by atomic mass is 32.2. The van der Waals surface area contributed by atoms with Gasteiger partial charge in [0.25, 0.3) is 5.91 Å². The molecule has 0 bridgehead atoms. The molecule has 0 heterocycles. The molecule has 0 aliphatic heterocycles. The van der Waals surface area contributed by atoms with E-state index < -0.39 is 15.7 Å². The Balaban J connectivity index is 2.30. The van der Waals surface area contributed by atoms with Gasteiger partial charge in [0.1, 0.15) is 5.75 Å². The van der Waals surface area contributed by atoms with Crippen LogP contribution in [0, 0.1) is 0 Å². The molecule has 1 amide bonds. The molecule has 0 aromatic heterocycles. The van der Waals surface area contributed by atoms with Crippen LogP contribution in [0.5, 0.6) is 5.75 Å².